The van der Waals surface area contributed by atoms with Gasteiger partial charge in [-0.25, -0.2) is 9.97 Å². The van der Waals surface area contributed by atoms with E-state index in [0.717, 1.165) is 5.69 Å². The lowest BCUT2D eigenvalue weighted by Gasteiger charge is -2.02. The van der Waals surface area contributed by atoms with E-state index in [9.17, 15) is 0 Å². The molecule has 0 unspecified atom stereocenters. The molecule has 0 saturated carbocycles. The largest absolute Gasteiger partial charge is 0.479 e. The summed E-state index contributed by atoms with van der Waals surface area (Å²) in [6, 6.07) is 1.75. The molecule has 0 spiro atoms. The Labute approximate surface area is 101 Å². The first kappa shape index (κ1) is 10.5. The average molecular weight is 246 g/mol. The summed E-state index contributed by atoms with van der Waals surface area (Å²) in [5.74, 6) is 0.720. The first-order chi connectivity index (χ1) is 8.79. The summed E-state index contributed by atoms with van der Waals surface area (Å²) in [5.41, 5.74) is 7.73. The molecule has 3 rings (SSSR count). The average Bonchev–Trinajstić information content (AvgIpc) is 2.99. The van der Waals surface area contributed by atoms with Crippen LogP contribution in [0.1, 0.15) is 5.69 Å². The molecule has 0 bridgehead atoms. The Morgan fingerprint density at radius 3 is 3.06 bits per heavy atom. The lowest BCUT2D eigenvalue weighted by Crippen LogP contribution is -2.05. The van der Waals surface area contributed by atoms with E-state index in [2.05, 4.69) is 20.1 Å². The van der Waals surface area contributed by atoms with Gasteiger partial charge >= 0.3 is 0 Å². The summed E-state index contributed by atoms with van der Waals surface area (Å²) in [4.78, 5) is 12.3. The van der Waals surface area contributed by atoms with E-state index in [4.69, 9.17) is 15.0 Å². The Morgan fingerprint density at radius 1 is 1.44 bits per heavy atom. The Kier molecular flexibility index (Phi) is 2.33. The highest BCUT2D eigenvalue weighted by atomic mass is 16.5. The van der Waals surface area contributed by atoms with Crippen molar-refractivity contribution < 1.29 is 9.26 Å². The van der Waals surface area contributed by atoms with Gasteiger partial charge in [0.1, 0.15) is 18.3 Å². The predicted molar refractivity (Wildman–Crippen MR) is 61.9 cm³/mol. The van der Waals surface area contributed by atoms with Crippen molar-refractivity contribution in [1.82, 2.24) is 24.7 Å². The van der Waals surface area contributed by atoms with Gasteiger partial charge in [0.15, 0.2) is 11.2 Å². The Bertz CT molecular complexity index is 675. The molecule has 18 heavy (non-hydrogen) atoms. The van der Waals surface area contributed by atoms with Crippen molar-refractivity contribution in [3.8, 4) is 5.88 Å². The van der Waals surface area contributed by atoms with Crippen molar-refractivity contribution in [3.05, 3.63) is 24.4 Å². The van der Waals surface area contributed by atoms with Gasteiger partial charge in [-0.2, -0.15) is 4.98 Å². The van der Waals surface area contributed by atoms with Crippen molar-refractivity contribution in [2.75, 3.05) is 12.8 Å². The van der Waals surface area contributed by atoms with Crippen LogP contribution in [-0.4, -0.2) is 31.8 Å². The molecule has 0 atom stereocenters. The van der Waals surface area contributed by atoms with Gasteiger partial charge in [-0.15, -0.1) is 0 Å². The van der Waals surface area contributed by atoms with Gasteiger partial charge < -0.3 is 15.0 Å². The van der Waals surface area contributed by atoms with E-state index >= 15 is 0 Å². The molecule has 92 valence electrons. The highest BCUT2D eigenvalue weighted by molar-refractivity contribution is 5.78. The van der Waals surface area contributed by atoms with Crippen LogP contribution >= 0.6 is 0 Å². The molecule has 8 heteroatoms. The maximum Gasteiger partial charge on any atom is 0.245 e. The second-order valence-electron chi connectivity index (χ2n) is 3.60. The van der Waals surface area contributed by atoms with Crippen molar-refractivity contribution in [2.24, 2.45) is 0 Å². The van der Waals surface area contributed by atoms with Crippen LogP contribution in [0, 0.1) is 0 Å². The summed E-state index contributed by atoms with van der Waals surface area (Å²) in [7, 11) is 1.52. The smallest absolute Gasteiger partial charge is 0.245 e. The second-order valence-corrected chi connectivity index (χ2v) is 3.60. The molecule has 0 aliphatic carbocycles. The highest BCUT2D eigenvalue weighted by Crippen LogP contribution is 2.23. The number of imidazole rings is 1. The predicted octanol–water partition coefficient (Wildman–Crippen LogP) is 0.453. The number of methoxy groups -OCH3 is 1. The number of fused-ring (bicyclic) bond motifs is 1. The van der Waals surface area contributed by atoms with Gasteiger partial charge in [0.25, 0.3) is 0 Å². The van der Waals surface area contributed by atoms with Crippen molar-refractivity contribution in [1.29, 1.82) is 0 Å². The zero-order valence-corrected chi connectivity index (χ0v) is 9.57. The molecule has 8 nitrogen and oxygen atoms in total. The maximum absolute atomic E-state index is 5.86. The standard InChI is InChI=1S/C10H10N6O2/c1-17-9-7-8(12-5-13-9)16(10(11)14-7)4-6-2-3-18-15-6/h2-3,5H,4H2,1H3,(H2,11,14). The lowest BCUT2D eigenvalue weighted by molar-refractivity contribution is 0.401. The fourth-order valence-electron chi connectivity index (χ4n) is 1.72. The zero-order valence-electron chi connectivity index (χ0n) is 9.57. The number of anilines is 1. The van der Waals surface area contributed by atoms with Crippen LogP contribution < -0.4 is 10.5 Å². The fourth-order valence-corrected chi connectivity index (χ4v) is 1.72. The van der Waals surface area contributed by atoms with Crippen LogP contribution in [-0.2, 0) is 6.54 Å². The quantitative estimate of drug-likeness (QED) is 0.715. The number of hydrogen-bond donors (Lipinski definition) is 1. The van der Waals surface area contributed by atoms with Crippen LogP contribution in [0.25, 0.3) is 11.2 Å². The number of aromatic nitrogens is 5. The zero-order chi connectivity index (χ0) is 12.5. The molecule has 0 saturated heterocycles. The molecule has 0 aromatic carbocycles. The maximum atomic E-state index is 5.86. The Hall–Kier alpha value is -2.64. The van der Waals surface area contributed by atoms with E-state index < -0.39 is 0 Å². The monoisotopic (exact) mass is 246 g/mol. The number of nitrogens with two attached hydrogens (primary N) is 1. The summed E-state index contributed by atoms with van der Waals surface area (Å²) in [5, 5.41) is 3.83. The molecule has 0 amide bonds. The molecule has 0 aliphatic heterocycles. The Balaban J connectivity index is 2.14. The van der Waals surface area contributed by atoms with Gasteiger partial charge in [-0.3, -0.25) is 4.57 Å². The van der Waals surface area contributed by atoms with Crippen molar-refractivity contribution >= 4 is 17.1 Å². The first-order valence-corrected chi connectivity index (χ1v) is 5.19. The number of hydrogen-bond acceptors (Lipinski definition) is 7. The van der Waals surface area contributed by atoms with Gasteiger partial charge in [0.2, 0.25) is 11.8 Å². The highest BCUT2D eigenvalue weighted by Gasteiger charge is 2.15. The van der Waals surface area contributed by atoms with Crippen molar-refractivity contribution in [3.63, 3.8) is 0 Å². The SMILES string of the molecule is COc1ncnc2c1nc(N)n2Cc1ccon1. The molecular formula is C10H10N6O2. The van der Waals surface area contributed by atoms with E-state index in [1.54, 1.807) is 10.6 Å². The third kappa shape index (κ3) is 1.54. The third-order valence-corrected chi connectivity index (χ3v) is 2.53. The molecule has 0 radical (unpaired) electrons. The fraction of sp³-hybridized carbons (Fsp3) is 0.200. The number of rotatable bonds is 3. The molecule has 2 N–H and O–H groups in total. The first-order valence-electron chi connectivity index (χ1n) is 5.19. The number of nitrogens with zero attached hydrogens (tertiary/aromatic N) is 5. The van der Waals surface area contributed by atoms with Crippen LogP contribution in [0.2, 0.25) is 0 Å². The van der Waals surface area contributed by atoms with Gasteiger partial charge in [-0.1, -0.05) is 5.16 Å². The molecule has 0 fully saturated rings. The van der Waals surface area contributed by atoms with Gasteiger partial charge in [0, 0.05) is 6.07 Å². The Morgan fingerprint density at radius 2 is 2.33 bits per heavy atom. The van der Waals surface area contributed by atoms with Crippen LogP contribution in [0.15, 0.2) is 23.2 Å². The minimum absolute atomic E-state index is 0.326. The van der Waals surface area contributed by atoms with E-state index in [-0.39, 0.29) is 0 Å². The molecule has 3 heterocycles. The summed E-state index contributed by atoms with van der Waals surface area (Å²) < 4.78 is 11.6. The lowest BCUT2D eigenvalue weighted by atomic mass is 10.4. The summed E-state index contributed by atoms with van der Waals surface area (Å²) >= 11 is 0. The van der Waals surface area contributed by atoms with Crippen molar-refractivity contribution in [2.45, 2.75) is 6.54 Å². The van der Waals surface area contributed by atoms with E-state index in [1.165, 1.54) is 19.7 Å². The third-order valence-electron chi connectivity index (χ3n) is 2.53. The molecular weight excluding hydrogens is 236 g/mol. The normalized spacial score (nSPS) is 10.9. The van der Waals surface area contributed by atoms with Gasteiger partial charge in [-0.05, 0) is 0 Å². The summed E-state index contributed by atoms with van der Waals surface area (Å²) in [6.45, 7) is 0.430. The topological polar surface area (TPSA) is 105 Å². The van der Waals surface area contributed by atoms with E-state index in [0.29, 0.717) is 29.5 Å². The minimum atomic E-state index is 0.326. The van der Waals surface area contributed by atoms with Crippen LogP contribution in [0.4, 0.5) is 5.95 Å². The minimum Gasteiger partial charge on any atom is -0.479 e. The summed E-state index contributed by atoms with van der Waals surface area (Å²) in [6.07, 6.45) is 2.90. The number of ether oxygens (including phenoxy) is 1. The van der Waals surface area contributed by atoms with Crippen LogP contribution in [0.3, 0.4) is 0 Å². The second kappa shape index (κ2) is 3.99. The number of nitrogen functional groups attached to an aromatic ring is 1. The van der Waals surface area contributed by atoms with Gasteiger partial charge in [0.05, 0.1) is 13.7 Å². The van der Waals surface area contributed by atoms with Crippen LogP contribution in [0.5, 0.6) is 5.88 Å². The molecule has 3 aromatic rings. The molecule has 0 aliphatic rings. The molecule has 3 aromatic heterocycles. The van der Waals surface area contributed by atoms with E-state index in [1.807, 2.05) is 0 Å².